The number of benzene rings is 1. The van der Waals surface area contributed by atoms with Gasteiger partial charge in [0, 0.05) is 11.1 Å². The Morgan fingerprint density at radius 1 is 1.30 bits per heavy atom. The lowest BCUT2D eigenvalue weighted by molar-refractivity contribution is 0.0915. The number of hydrogen-bond acceptors (Lipinski definition) is 1. The lowest BCUT2D eigenvalue weighted by Gasteiger charge is -2.28. The summed E-state index contributed by atoms with van der Waals surface area (Å²) in [6, 6.07) is 5.21. The number of nitrogens with one attached hydrogen (secondary N) is 1. The van der Waals surface area contributed by atoms with Crippen LogP contribution in [0.1, 0.15) is 43.0 Å². The summed E-state index contributed by atoms with van der Waals surface area (Å²) >= 11 is 11.9. The molecule has 108 valence electrons. The van der Waals surface area contributed by atoms with E-state index in [1.54, 1.807) is 18.2 Å². The lowest BCUT2D eigenvalue weighted by atomic mass is 9.84. The zero-order valence-corrected chi connectivity index (χ0v) is 13.0. The van der Waals surface area contributed by atoms with Gasteiger partial charge in [-0.3, -0.25) is 4.79 Å². The zero-order valence-electron chi connectivity index (χ0n) is 11.5. The zero-order chi connectivity index (χ0) is 14.3. The summed E-state index contributed by atoms with van der Waals surface area (Å²) < 4.78 is 0. The van der Waals surface area contributed by atoms with E-state index in [9.17, 15) is 4.79 Å². The molecule has 1 aromatic rings. The summed E-state index contributed by atoms with van der Waals surface area (Å²) in [6.07, 6.45) is 5.33. The predicted molar refractivity (Wildman–Crippen MR) is 82.3 cm³/mol. The molecule has 2 saturated carbocycles. The third-order valence-electron chi connectivity index (χ3n) is 4.97. The lowest BCUT2D eigenvalue weighted by Crippen LogP contribution is -2.40. The van der Waals surface area contributed by atoms with Gasteiger partial charge in [-0.15, -0.1) is 0 Å². The topological polar surface area (TPSA) is 29.1 Å². The molecule has 2 fully saturated rings. The summed E-state index contributed by atoms with van der Waals surface area (Å²) in [4.78, 5) is 12.3. The summed E-state index contributed by atoms with van der Waals surface area (Å²) in [5.74, 6) is 2.23. The van der Waals surface area contributed by atoms with Gasteiger partial charge in [0.2, 0.25) is 0 Å². The van der Waals surface area contributed by atoms with Gasteiger partial charge in [-0.1, -0.05) is 29.6 Å². The number of fused-ring (bicyclic) bond motifs is 2. The molecule has 20 heavy (non-hydrogen) atoms. The van der Waals surface area contributed by atoms with Crippen molar-refractivity contribution in [3.05, 3.63) is 33.8 Å². The van der Waals surface area contributed by atoms with E-state index in [1.165, 1.54) is 25.7 Å². The van der Waals surface area contributed by atoms with Crippen LogP contribution >= 0.6 is 23.2 Å². The number of carbonyl (C=O) groups is 1. The van der Waals surface area contributed by atoms with Gasteiger partial charge in [-0.05, 0) is 62.1 Å². The molecule has 4 unspecified atom stereocenters. The standard InChI is InChI=1S/C16H19Cl2NO/c1-9(14-7-10-2-3-11(14)6-10)19-16(20)13-5-4-12(17)8-15(13)18/h4-5,8-11,14H,2-3,6-7H2,1H3,(H,19,20). The first-order valence-electron chi connectivity index (χ1n) is 7.30. The van der Waals surface area contributed by atoms with E-state index in [4.69, 9.17) is 23.2 Å². The first kappa shape index (κ1) is 14.2. The van der Waals surface area contributed by atoms with Crippen molar-refractivity contribution in [1.29, 1.82) is 0 Å². The largest absolute Gasteiger partial charge is 0.349 e. The molecule has 1 N–H and O–H groups in total. The molecule has 0 spiro atoms. The van der Waals surface area contributed by atoms with Gasteiger partial charge in [0.1, 0.15) is 0 Å². The van der Waals surface area contributed by atoms with Crippen molar-refractivity contribution in [2.75, 3.05) is 0 Å². The SMILES string of the molecule is CC(NC(=O)c1ccc(Cl)cc1Cl)C1CC2CCC1C2. The Balaban J connectivity index is 1.66. The highest BCUT2D eigenvalue weighted by Gasteiger charge is 2.42. The maximum Gasteiger partial charge on any atom is 0.253 e. The van der Waals surface area contributed by atoms with Gasteiger partial charge in [-0.2, -0.15) is 0 Å². The molecule has 4 atom stereocenters. The summed E-state index contributed by atoms with van der Waals surface area (Å²) in [5, 5.41) is 4.08. The van der Waals surface area contributed by atoms with Crippen LogP contribution in [0, 0.1) is 17.8 Å². The minimum absolute atomic E-state index is 0.0954. The number of amides is 1. The van der Waals surface area contributed by atoms with Crippen molar-refractivity contribution in [2.45, 2.75) is 38.6 Å². The Bertz CT molecular complexity index is 531. The second-order valence-electron chi connectivity index (χ2n) is 6.23. The molecule has 2 aliphatic carbocycles. The van der Waals surface area contributed by atoms with Crippen molar-refractivity contribution in [3.63, 3.8) is 0 Å². The fourth-order valence-corrected chi connectivity index (χ4v) is 4.47. The Labute approximate surface area is 129 Å². The Kier molecular flexibility index (Phi) is 3.96. The maximum absolute atomic E-state index is 12.3. The minimum atomic E-state index is -0.0954. The molecule has 1 amide bonds. The van der Waals surface area contributed by atoms with Crippen molar-refractivity contribution in [2.24, 2.45) is 17.8 Å². The Hall–Kier alpha value is -0.730. The van der Waals surface area contributed by atoms with Gasteiger partial charge in [0.15, 0.2) is 0 Å². The summed E-state index contributed by atoms with van der Waals surface area (Å²) in [6.45, 7) is 2.12. The van der Waals surface area contributed by atoms with Crippen LogP contribution in [0.3, 0.4) is 0 Å². The average molecular weight is 312 g/mol. The summed E-state index contributed by atoms with van der Waals surface area (Å²) in [7, 11) is 0. The molecule has 2 bridgehead atoms. The van der Waals surface area contributed by atoms with Gasteiger partial charge in [0.25, 0.3) is 5.91 Å². The van der Waals surface area contributed by atoms with Crippen LogP contribution in [0.15, 0.2) is 18.2 Å². The van der Waals surface area contributed by atoms with Crippen LogP contribution in [-0.2, 0) is 0 Å². The van der Waals surface area contributed by atoms with Gasteiger partial charge >= 0.3 is 0 Å². The van der Waals surface area contributed by atoms with E-state index in [0.717, 1.165) is 11.8 Å². The molecule has 2 aliphatic rings. The van der Waals surface area contributed by atoms with Gasteiger partial charge < -0.3 is 5.32 Å². The first-order valence-corrected chi connectivity index (χ1v) is 8.06. The second kappa shape index (κ2) is 5.57. The number of rotatable bonds is 3. The van der Waals surface area contributed by atoms with E-state index in [1.807, 2.05) is 0 Å². The second-order valence-corrected chi connectivity index (χ2v) is 7.07. The molecule has 4 heteroatoms. The maximum atomic E-state index is 12.3. The predicted octanol–water partition coefficient (Wildman–Crippen LogP) is 4.55. The molecular formula is C16H19Cl2NO. The molecular weight excluding hydrogens is 293 g/mol. The molecule has 0 aromatic heterocycles. The van der Waals surface area contributed by atoms with E-state index in [-0.39, 0.29) is 11.9 Å². The molecule has 0 heterocycles. The van der Waals surface area contributed by atoms with Gasteiger partial charge in [-0.25, -0.2) is 0 Å². The molecule has 0 saturated heterocycles. The molecule has 0 aliphatic heterocycles. The minimum Gasteiger partial charge on any atom is -0.349 e. The van der Waals surface area contributed by atoms with Crippen LogP contribution in [0.2, 0.25) is 10.0 Å². The average Bonchev–Trinajstić information content (AvgIpc) is 3.00. The molecule has 0 radical (unpaired) electrons. The smallest absolute Gasteiger partial charge is 0.253 e. The van der Waals surface area contributed by atoms with Crippen LogP contribution in [0.25, 0.3) is 0 Å². The van der Waals surface area contributed by atoms with Crippen molar-refractivity contribution >= 4 is 29.1 Å². The highest BCUT2D eigenvalue weighted by molar-refractivity contribution is 6.36. The van der Waals surface area contributed by atoms with E-state index in [2.05, 4.69) is 12.2 Å². The first-order chi connectivity index (χ1) is 9.54. The van der Waals surface area contributed by atoms with Gasteiger partial charge in [0.05, 0.1) is 10.6 Å². The monoisotopic (exact) mass is 311 g/mol. The van der Waals surface area contributed by atoms with E-state index < -0.39 is 0 Å². The van der Waals surface area contributed by atoms with Crippen LogP contribution in [0.4, 0.5) is 0 Å². The number of carbonyl (C=O) groups excluding carboxylic acids is 1. The third kappa shape index (κ3) is 2.68. The van der Waals surface area contributed by atoms with E-state index >= 15 is 0 Å². The quantitative estimate of drug-likeness (QED) is 0.872. The molecule has 1 aromatic carbocycles. The fraction of sp³-hybridized carbons (Fsp3) is 0.562. The van der Waals surface area contributed by atoms with Crippen LogP contribution in [0.5, 0.6) is 0 Å². The fourth-order valence-electron chi connectivity index (χ4n) is 3.97. The van der Waals surface area contributed by atoms with Crippen LogP contribution in [-0.4, -0.2) is 11.9 Å². The highest BCUT2D eigenvalue weighted by atomic mass is 35.5. The third-order valence-corrected chi connectivity index (χ3v) is 5.52. The Morgan fingerprint density at radius 2 is 2.10 bits per heavy atom. The van der Waals surface area contributed by atoms with Crippen molar-refractivity contribution in [3.8, 4) is 0 Å². The molecule has 2 nitrogen and oxygen atoms in total. The van der Waals surface area contributed by atoms with Crippen molar-refractivity contribution < 1.29 is 4.79 Å². The van der Waals surface area contributed by atoms with E-state index in [0.29, 0.717) is 21.5 Å². The Morgan fingerprint density at radius 3 is 2.70 bits per heavy atom. The number of hydrogen-bond donors (Lipinski definition) is 1. The van der Waals surface area contributed by atoms with Crippen molar-refractivity contribution in [1.82, 2.24) is 5.32 Å². The highest BCUT2D eigenvalue weighted by Crippen LogP contribution is 2.49. The number of halogens is 2. The summed E-state index contributed by atoms with van der Waals surface area (Å²) in [5.41, 5.74) is 0.506. The van der Waals surface area contributed by atoms with Crippen LogP contribution < -0.4 is 5.32 Å². The molecule has 3 rings (SSSR count). The normalized spacial score (nSPS) is 29.4.